The number of aromatic nitrogens is 1. The molecule has 22 heavy (non-hydrogen) atoms. The molecule has 2 amide bonds. The van der Waals surface area contributed by atoms with Crippen molar-refractivity contribution in [2.45, 2.75) is 19.8 Å². The maximum Gasteiger partial charge on any atom is 0.245 e. The van der Waals surface area contributed by atoms with Crippen LogP contribution in [0.3, 0.4) is 0 Å². The normalized spacial score (nSPS) is 10.2. The molecule has 0 atom stereocenters. The van der Waals surface area contributed by atoms with E-state index in [0.29, 0.717) is 25.2 Å². The highest BCUT2D eigenvalue weighted by atomic mass is 16.5. The van der Waals surface area contributed by atoms with Crippen molar-refractivity contribution in [2.24, 2.45) is 0 Å². The Morgan fingerprint density at radius 3 is 2.64 bits per heavy atom. The number of aryl methyl sites for hydroxylation is 1. The van der Waals surface area contributed by atoms with Crippen LogP contribution in [0.15, 0.2) is 47.2 Å². The lowest BCUT2D eigenvalue weighted by atomic mass is 10.1. The Kier molecular flexibility index (Phi) is 5.71. The molecule has 0 aliphatic heterocycles. The number of amides is 2. The van der Waals surface area contributed by atoms with Gasteiger partial charge in [-0.1, -0.05) is 35.5 Å². The molecule has 1 N–H and O–H groups in total. The second kappa shape index (κ2) is 7.97. The Labute approximate surface area is 129 Å². The van der Waals surface area contributed by atoms with Gasteiger partial charge in [-0.3, -0.25) is 9.59 Å². The Morgan fingerprint density at radius 1 is 1.23 bits per heavy atom. The van der Waals surface area contributed by atoms with E-state index in [2.05, 4.69) is 15.0 Å². The predicted molar refractivity (Wildman–Crippen MR) is 82.1 cm³/mol. The Hall–Kier alpha value is -2.63. The molecule has 0 fully saturated rings. The van der Waals surface area contributed by atoms with Crippen molar-refractivity contribution in [3.63, 3.8) is 0 Å². The number of carbonyl (C=O) groups excluding carboxylic acids is 2. The summed E-state index contributed by atoms with van der Waals surface area (Å²) in [7, 11) is 0. The highest BCUT2D eigenvalue weighted by Gasteiger charge is 2.16. The van der Waals surface area contributed by atoms with E-state index in [9.17, 15) is 9.59 Å². The number of rotatable bonds is 7. The molecule has 2 rings (SSSR count). The summed E-state index contributed by atoms with van der Waals surface area (Å²) in [6, 6.07) is 11.4. The van der Waals surface area contributed by atoms with E-state index in [1.54, 1.807) is 6.07 Å². The fourth-order valence-corrected chi connectivity index (χ4v) is 2.06. The Bertz CT molecular complexity index is 596. The minimum atomic E-state index is -0.288. The number of hydrogen-bond donors (Lipinski definition) is 1. The van der Waals surface area contributed by atoms with Gasteiger partial charge in [0.25, 0.3) is 0 Å². The molecule has 0 aliphatic carbocycles. The van der Waals surface area contributed by atoms with Gasteiger partial charge in [-0.25, -0.2) is 0 Å². The summed E-state index contributed by atoms with van der Waals surface area (Å²) in [4.78, 5) is 25.6. The summed E-state index contributed by atoms with van der Waals surface area (Å²) in [6.45, 7) is 2.35. The van der Waals surface area contributed by atoms with Crippen LogP contribution in [0, 0.1) is 0 Å². The van der Waals surface area contributed by atoms with Crippen molar-refractivity contribution in [1.82, 2.24) is 10.1 Å². The zero-order valence-electron chi connectivity index (χ0n) is 12.5. The third-order valence-electron chi connectivity index (χ3n) is 3.24. The monoisotopic (exact) mass is 301 g/mol. The summed E-state index contributed by atoms with van der Waals surface area (Å²) < 4.78 is 4.64. The number of carbonyl (C=O) groups is 2. The standard InChI is InChI=1S/C16H19N3O3/c1-2-19(12-15(20)17-14-10-11-22-18-14)16(21)9-8-13-6-4-3-5-7-13/h3-7,10-11H,2,8-9,12H2,1H3,(H,17,18,20). The number of likely N-dealkylation sites (N-methyl/N-ethyl adjacent to an activating group) is 1. The molecule has 0 bridgehead atoms. The van der Waals surface area contributed by atoms with Crippen LogP contribution in [0.2, 0.25) is 0 Å². The van der Waals surface area contributed by atoms with Crippen LogP contribution >= 0.6 is 0 Å². The lowest BCUT2D eigenvalue weighted by Gasteiger charge is -2.20. The third kappa shape index (κ3) is 4.73. The molecular weight excluding hydrogens is 282 g/mol. The second-order valence-electron chi connectivity index (χ2n) is 4.83. The van der Waals surface area contributed by atoms with Gasteiger partial charge in [-0.15, -0.1) is 0 Å². The fraction of sp³-hybridized carbons (Fsp3) is 0.312. The minimum Gasteiger partial charge on any atom is -0.363 e. The van der Waals surface area contributed by atoms with Gasteiger partial charge in [0, 0.05) is 19.0 Å². The molecule has 2 aromatic rings. The first-order valence-electron chi connectivity index (χ1n) is 7.21. The molecule has 0 unspecified atom stereocenters. The van der Waals surface area contributed by atoms with Gasteiger partial charge in [0.05, 0.1) is 6.54 Å². The molecule has 0 aliphatic rings. The smallest absolute Gasteiger partial charge is 0.245 e. The molecule has 1 heterocycles. The van der Waals surface area contributed by atoms with Crippen molar-refractivity contribution < 1.29 is 14.1 Å². The molecule has 0 radical (unpaired) electrons. The highest BCUT2D eigenvalue weighted by Crippen LogP contribution is 2.06. The Morgan fingerprint density at radius 2 is 2.00 bits per heavy atom. The molecule has 0 spiro atoms. The van der Waals surface area contributed by atoms with Crippen molar-refractivity contribution in [2.75, 3.05) is 18.4 Å². The lowest BCUT2D eigenvalue weighted by Crippen LogP contribution is -2.38. The van der Waals surface area contributed by atoms with Gasteiger partial charge in [-0.2, -0.15) is 0 Å². The van der Waals surface area contributed by atoms with E-state index in [1.165, 1.54) is 11.2 Å². The largest absolute Gasteiger partial charge is 0.363 e. The fourth-order valence-electron chi connectivity index (χ4n) is 2.06. The van der Waals surface area contributed by atoms with Crippen LogP contribution in [0.5, 0.6) is 0 Å². The van der Waals surface area contributed by atoms with Crippen LogP contribution in [-0.4, -0.2) is 35.0 Å². The zero-order chi connectivity index (χ0) is 15.8. The second-order valence-corrected chi connectivity index (χ2v) is 4.83. The molecule has 1 aromatic heterocycles. The number of hydrogen-bond acceptors (Lipinski definition) is 4. The van der Waals surface area contributed by atoms with Crippen molar-refractivity contribution in [1.29, 1.82) is 0 Å². The van der Waals surface area contributed by atoms with E-state index >= 15 is 0 Å². The SMILES string of the molecule is CCN(CC(=O)Nc1ccon1)C(=O)CCc1ccccc1. The molecule has 0 saturated heterocycles. The lowest BCUT2D eigenvalue weighted by molar-refractivity contribution is -0.134. The van der Waals surface area contributed by atoms with Gasteiger partial charge in [0.15, 0.2) is 5.82 Å². The van der Waals surface area contributed by atoms with Gasteiger partial charge in [0.2, 0.25) is 11.8 Å². The first-order valence-corrected chi connectivity index (χ1v) is 7.21. The van der Waals surface area contributed by atoms with Crippen LogP contribution in [0.1, 0.15) is 18.9 Å². The molecule has 1 aromatic carbocycles. The maximum atomic E-state index is 12.2. The molecule has 6 nitrogen and oxygen atoms in total. The zero-order valence-corrected chi connectivity index (χ0v) is 12.5. The molecule has 0 saturated carbocycles. The predicted octanol–water partition coefficient (Wildman–Crippen LogP) is 2.09. The number of nitrogens with zero attached hydrogens (tertiary/aromatic N) is 2. The van der Waals surface area contributed by atoms with E-state index in [4.69, 9.17) is 0 Å². The average molecular weight is 301 g/mol. The highest BCUT2D eigenvalue weighted by molar-refractivity contribution is 5.93. The van der Waals surface area contributed by atoms with E-state index in [-0.39, 0.29) is 18.4 Å². The number of benzene rings is 1. The summed E-state index contributed by atoms with van der Waals surface area (Å²) in [5.74, 6) is 0.0169. The first kappa shape index (κ1) is 15.8. The van der Waals surface area contributed by atoms with Gasteiger partial charge < -0.3 is 14.7 Å². The minimum absolute atomic E-state index is 0.0109. The molecule has 6 heteroatoms. The van der Waals surface area contributed by atoms with E-state index in [0.717, 1.165) is 5.56 Å². The summed E-state index contributed by atoms with van der Waals surface area (Å²) in [5.41, 5.74) is 1.11. The van der Waals surface area contributed by atoms with Gasteiger partial charge in [-0.05, 0) is 18.9 Å². The van der Waals surface area contributed by atoms with Crippen molar-refractivity contribution >= 4 is 17.6 Å². The van der Waals surface area contributed by atoms with Crippen LogP contribution in [0.4, 0.5) is 5.82 Å². The first-order chi connectivity index (χ1) is 10.7. The average Bonchev–Trinajstić information content (AvgIpc) is 3.04. The van der Waals surface area contributed by atoms with E-state index < -0.39 is 0 Å². The number of anilines is 1. The van der Waals surface area contributed by atoms with Gasteiger partial charge >= 0.3 is 0 Å². The summed E-state index contributed by atoms with van der Waals surface area (Å²) in [5, 5.41) is 6.18. The van der Waals surface area contributed by atoms with Gasteiger partial charge in [0.1, 0.15) is 6.26 Å². The van der Waals surface area contributed by atoms with Crippen molar-refractivity contribution in [3.8, 4) is 0 Å². The number of nitrogens with one attached hydrogen (secondary N) is 1. The Balaban J connectivity index is 1.82. The molecular formula is C16H19N3O3. The summed E-state index contributed by atoms with van der Waals surface area (Å²) >= 11 is 0. The van der Waals surface area contributed by atoms with Crippen LogP contribution in [0.25, 0.3) is 0 Å². The van der Waals surface area contributed by atoms with Crippen molar-refractivity contribution in [3.05, 3.63) is 48.2 Å². The molecule has 116 valence electrons. The third-order valence-corrected chi connectivity index (χ3v) is 3.24. The topological polar surface area (TPSA) is 75.4 Å². The van der Waals surface area contributed by atoms with E-state index in [1.807, 2.05) is 37.3 Å². The quantitative estimate of drug-likeness (QED) is 0.849. The van der Waals surface area contributed by atoms with Crippen LogP contribution in [-0.2, 0) is 16.0 Å². The van der Waals surface area contributed by atoms with Crippen LogP contribution < -0.4 is 5.32 Å². The summed E-state index contributed by atoms with van der Waals surface area (Å²) in [6.07, 6.45) is 2.42. The maximum absolute atomic E-state index is 12.2.